The van der Waals surface area contributed by atoms with Crippen LogP contribution in [-0.4, -0.2) is 0 Å². The minimum absolute atomic E-state index is 0.000979. The largest absolute Gasteiger partial charge is 0.203 e. The molecule has 2 aromatic rings. The monoisotopic (exact) mass is 500 g/mol. The van der Waals surface area contributed by atoms with E-state index < -0.39 is 23.3 Å². The molecular formula is C32H40F4. The van der Waals surface area contributed by atoms with E-state index in [0.29, 0.717) is 23.1 Å². The lowest BCUT2D eigenvalue weighted by Gasteiger charge is -2.30. The van der Waals surface area contributed by atoms with E-state index in [4.69, 9.17) is 0 Å². The second-order valence-corrected chi connectivity index (χ2v) is 11.0. The molecule has 2 fully saturated rings. The van der Waals surface area contributed by atoms with E-state index in [-0.39, 0.29) is 23.3 Å². The number of hydrogen-bond acceptors (Lipinski definition) is 0. The summed E-state index contributed by atoms with van der Waals surface area (Å²) in [4.78, 5) is 0. The second kappa shape index (κ2) is 12.4. The highest BCUT2D eigenvalue weighted by Gasteiger charge is 2.29. The lowest BCUT2D eigenvalue weighted by molar-refractivity contribution is 0.311. The summed E-state index contributed by atoms with van der Waals surface area (Å²) in [5.74, 6) is -1.76. The molecule has 0 saturated heterocycles. The van der Waals surface area contributed by atoms with E-state index >= 15 is 8.78 Å². The fraction of sp³-hybridized carbons (Fsp3) is 0.562. The van der Waals surface area contributed by atoms with Gasteiger partial charge in [-0.2, -0.15) is 0 Å². The molecule has 0 nitrogen and oxygen atoms in total. The maximum Gasteiger partial charge on any atom is 0.166 e. The summed E-state index contributed by atoms with van der Waals surface area (Å²) in [5.41, 5.74) is 1.75. The minimum Gasteiger partial charge on any atom is -0.203 e. The van der Waals surface area contributed by atoms with E-state index in [0.717, 1.165) is 76.5 Å². The summed E-state index contributed by atoms with van der Waals surface area (Å²) >= 11 is 0. The number of halogens is 4. The highest BCUT2D eigenvalue weighted by atomic mass is 19.2. The van der Waals surface area contributed by atoms with Gasteiger partial charge in [-0.25, -0.2) is 17.6 Å². The Morgan fingerprint density at radius 2 is 1.28 bits per heavy atom. The number of benzene rings is 2. The SMILES string of the molecule is CCCCc1ccc(/C=C/C2CCC(c3ccc(C4CCC(CC)CC4)c(F)c3F)CC2)c(F)c1F. The van der Waals surface area contributed by atoms with Crippen molar-refractivity contribution in [2.75, 3.05) is 0 Å². The van der Waals surface area contributed by atoms with E-state index in [9.17, 15) is 8.78 Å². The maximum atomic E-state index is 15.1. The molecule has 4 heteroatoms. The van der Waals surface area contributed by atoms with E-state index in [1.807, 2.05) is 25.1 Å². The van der Waals surface area contributed by atoms with Crippen LogP contribution in [0.3, 0.4) is 0 Å². The highest BCUT2D eigenvalue weighted by Crippen LogP contribution is 2.42. The van der Waals surface area contributed by atoms with Crippen molar-refractivity contribution < 1.29 is 17.6 Å². The number of rotatable bonds is 8. The number of aryl methyl sites for hydroxylation is 1. The van der Waals surface area contributed by atoms with Gasteiger partial charge in [-0.3, -0.25) is 0 Å². The molecule has 0 spiro atoms. The van der Waals surface area contributed by atoms with Gasteiger partial charge in [0.25, 0.3) is 0 Å². The first-order valence-electron chi connectivity index (χ1n) is 14.1. The fourth-order valence-corrected chi connectivity index (χ4v) is 6.25. The van der Waals surface area contributed by atoms with Crippen molar-refractivity contribution in [2.24, 2.45) is 11.8 Å². The van der Waals surface area contributed by atoms with Crippen LogP contribution in [0.2, 0.25) is 0 Å². The molecule has 36 heavy (non-hydrogen) atoms. The molecule has 0 N–H and O–H groups in total. The van der Waals surface area contributed by atoms with E-state index in [2.05, 4.69) is 6.92 Å². The Morgan fingerprint density at radius 3 is 1.83 bits per heavy atom. The first-order valence-corrected chi connectivity index (χ1v) is 14.1. The molecule has 2 aliphatic rings. The molecule has 2 aliphatic carbocycles. The van der Waals surface area contributed by atoms with Gasteiger partial charge in [-0.1, -0.05) is 63.1 Å². The summed E-state index contributed by atoms with van der Waals surface area (Å²) in [6, 6.07) is 6.98. The zero-order valence-corrected chi connectivity index (χ0v) is 21.8. The average Bonchev–Trinajstić information content (AvgIpc) is 2.91. The Labute approximate surface area is 214 Å². The average molecular weight is 501 g/mol. The predicted octanol–water partition coefficient (Wildman–Crippen LogP) is 10.3. The van der Waals surface area contributed by atoms with Crippen LogP contribution in [0, 0.1) is 35.1 Å². The molecule has 0 unspecified atom stereocenters. The van der Waals surface area contributed by atoms with Crippen molar-refractivity contribution in [2.45, 2.75) is 103 Å². The Kier molecular flexibility index (Phi) is 9.30. The van der Waals surface area contributed by atoms with Gasteiger partial charge in [-0.05, 0) is 105 Å². The van der Waals surface area contributed by atoms with Crippen molar-refractivity contribution in [3.8, 4) is 0 Å². The van der Waals surface area contributed by atoms with Gasteiger partial charge in [0.05, 0.1) is 0 Å². The zero-order valence-electron chi connectivity index (χ0n) is 21.8. The van der Waals surface area contributed by atoms with Gasteiger partial charge >= 0.3 is 0 Å². The third kappa shape index (κ3) is 6.06. The third-order valence-electron chi connectivity index (χ3n) is 8.76. The van der Waals surface area contributed by atoms with Crippen molar-refractivity contribution in [1.82, 2.24) is 0 Å². The summed E-state index contributed by atoms with van der Waals surface area (Å²) in [7, 11) is 0. The van der Waals surface area contributed by atoms with Crippen LogP contribution in [-0.2, 0) is 6.42 Å². The van der Waals surface area contributed by atoms with E-state index in [1.165, 1.54) is 0 Å². The van der Waals surface area contributed by atoms with Crippen LogP contribution in [0.25, 0.3) is 6.08 Å². The van der Waals surface area contributed by atoms with Crippen LogP contribution in [0.1, 0.15) is 119 Å². The molecule has 0 aromatic heterocycles. The van der Waals surface area contributed by atoms with E-state index in [1.54, 1.807) is 18.2 Å². The van der Waals surface area contributed by atoms with Gasteiger partial charge in [0.1, 0.15) is 0 Å². The number of hydrogen-bond donors (Lipinski definition) is 0. The van der Waals surface area contributed by atoms with Crippen LogP contribution >= 0.6 is 0 Å². The van der Waals surface area contributed by atoms with Gasteiger partial charge in [0.15, 0.2) is 23.3 Å². The second-order valence-electron chi connectivity index (χ2n) is 11.0. The zero-order chi connectivity index (χ0) is 25.7. The summed E-state index contributed by atoms with van der Waals surface area (Å²) in [6.45, 7) is 4.23. The Hall–Kier alpha value is -2.10. The van der Waals surface area contributed by atoms with Crippen LogP contribution in [0.4, 0.5) is 17.6 Å². The van der Waals surface area contributed by atoms with Crippen molar-refractivity contribution >= 4 is 6.08 Å². The maximum absolute atomic E-state index is 15.1. The van der Waals surface area contributed by atoms with Crippen molar-refractivity contribution in [3.63, 3.8) is 0 Å². The number of allylic oxidation sites excluding steroid dienone is 1. The smallest absolute Gasteiger partial charge is 0.166 e. The topological polar surface area (TPSA) is 0 Å². The normalized spacial score (nSPS) is 24.9. The van der Waals surface area contributed by atoms with Gasteiger partial charge < -0.3 is 0 Å². The Morgan fingerprint density at radius 1 is 0.694 bits per heavy atom. The van der Waals surface area contributed by atoms with Gasteiger partial charge in [0, 0.05) is 5.56 Å². The summed E-state index contributed by atoms with van der Waals surface area (Å²) in [6.07, 6.45) is 14.4. The molecule has 0 amide bonds. The first-order chi connectivity index (χ1) is 17.4. The third-order valence-corrected chi connectivity index (χ3v) is 8.76. The van der Waals surface area contributed by atoms with Crippen LogP contribution in [0.15, 0.2) is 30.3 Å². The predicted molar refractivity (Wildman–Crippen MR) is 140 cm³/mol. The molecule has 0 heterocycles. The number of unbranched alkanes of at least 4 members (excludes halogenated alkanes) is 1. The Bertz CT molecular complexity index is 1040. The standard InChI is InChI=1S/C32H40F4/c1-3-5-6-25-17-18-26(30(34)29(25)33)16-11-22-9-14-24(15-10-22)28-20-19-27(31(35)32(28)36)23-12-7-21(4-2)8-13-23/h11,16-24H,3-10,12-15H2,1-2H3/b16-11+. The highest BCUT2D eigenvalue weighted by molar-refractivity contribution is 5.51. The van der Waals surface area contributed by atoms with Crippen molar-refractivity contribution in [1.29, 1.82) is 0 Å². The molecule has 2 aromatic carbocycles. The molecule has 0 aliphatic heterocycles. The molecule has 0 atom stereocenters. The lowest BCUT2D eigenvalue weighted by atomic mass is 9.75. The minimum atomic E-state index is -0.783. The summed E-state index contributed by atoms with van der Waals surface area (Å²) in [5, 5.41) is 0. The molecular weight excluding hydrogens is 460 g/mol. The van der Waals surface area contributed by atoms with Crippen molar-refractivity contribution in [3.05, 3.63) is 75.9 Å². The Balaban J connectivity index is 1.36. The van der Waals surface area contributed by atoms with Gasteiger partial charge in [-0.15, -0.1) is 0 Å². The molecule has 2 saturated carbocycles. The molecule has 0 bridgehead atoms. The molecule has 4 rings (SSSR count). The van der Waals surface area contributed by atoms with Crippen LogP contribution < -0.4 is 0 Å². The first kappa shape index (κ1) is 26.9. The molecule has 0 radical (unpaired) electrons. The van der Waals surface area contributed by atoms with Gasteiger partial charge in [0.2, 0.25) is 0 Å². The van der Waals surface area contributed by atoms with Crippen LogP contribution in [0.5, 0.6) is 0 Å². The summed E-state index contributed by atoms with van der Waals surface area (Å²) < 4.78 is 59.1. The lowest BCUT2D eigenvalue weighted by Crippen LogP contribution is -2.16. The fourth-order valence-electron chi connectivity index (χ4n) is 6.25. The molecule has 196 valence electrons. The quantitative estimate of drug-likeness (QED) is 0.316.